The Morgan fingerprint density at radius 2 is 2.00 bits per heavy atom. The Hall–Kier alpha value is -1.55. The topological polar surface area (TPSA) is 184 Å². The second kappa shape index (κ2) is 7.90. The van der Waals surface area contributed by atoms with E-state index in [0.717, 1.165) is 6.92 Å². The highest BCUT2D eigenvalue weighted by atomic mass is 16.4. The standard InChI is InChI=1S/C10H17N3O7/c1-5(15)8(18)10(20,2-3-12-13-11)9(19)7(17)6(16)4-14/h6-7,9,14,16-17,19-20H,2-4H2,1H3/t6-,7-,9+,10+/m1/s1/i3D/t3?,6-,7-,9+,10+. The van der Waals surface area contributed by atoms with Gasteiger partial charge in [-0.2, -0.15) is 0 Å². The lowest BCUT2D eigenvalue weighted by Gasteiger charge is -2.34. The van der Waals surface area contributed by atoms with Gasteiger partial charge in [-0.3, -0.25) is 9.59 Å². The second-order valence-corrected chi connectivity index (χ2v) is 4.09. The number of nitrogens with zero attached hydrogens (tertiary/aromatic N) is 3. The fraction of sp³-hybridized carbons (Fsp3) is 0.800. The molecule has 0 aromatic heterocycles. The van der Waals surface area contributed by atoms with Gasteiger partial charge in [0.25, 0.3) is 0 Å². The first-order valence-corrected chi connectivity index (χ1v) is 5.51. The Labute approximate surface area is 115 Å². The molecule has 0 aliphatic rings. The lowest BCUT2D eigenvalue weighted by molar-refractivity contribution is -0.177. The average Bonchev–Trinajstić information content (AvgIpc) is 2.43. The Balaban J connectivity index is 5.54. The van der Waals surface area contributed by atoms with Crippen molar-refractivity contribution in [3.8, 4) is 0 Å². The third kappa shape index (κ3) is 4.23. The first-order chi connectivity index (χ1) is 9.61. The highest BCUT2D eigenvalue weighted by Crippen LogP contribution is 2.22. The summed E-state index contributed by atoms with van der Waals surface area (Å²) in [5.74, 6) is -2.69. The number of azide groups is 1. The van der Waals surface area contributed by atoms with Gasteiger partial charge in [-0.25, -0.2) is 0 Å². The molecule has 0 amide bonds. The molecule has 10 nitrogen and oxygen atoms in total. The van der Waals surface area contributed by atoms with Crippen molar-refractivity contribution in [1.29, 1.82) is 0 Å². The zero-order valence-corrected chi connectivity index (χ0v) is 10.6. The Bertz CT molecular complexity index is 442. The van der Waals surface area contributed by atoms with Gasteiger partial charge in [0.05, 0.1) is 6.61 Å². The van der Waals surface area contributed by atoms with Crippen LogP contribution < -0.4 is 0 Å². The summed E-state index contributed by atoms with van der Waals surface area (Å²) >= 11 is 0. The van der Waals surface area contributed by atoms with Crippen molar-refractivity contribution in [3.63, 3.8) is 0 Å². The predicted octanol–water partition coefficient (Wildman–Crippen LogP) is -2.35. The van der Waals surface area contributed by atoms with Gasteiger partial charge in [0.15, 0.2) is 11.4 Å². The molecule has 114 valence electrons. The molecule has 1 unspecified atom stereocenters. The van der Waals surface area contributed by atoms with Gasteiger partial charge in [0.1, 0.15) is 18.3 Å². The molecule has 5 atom stereocenters. The molecule has 0 aliphatic heterocycles. The van der Waals surface area contributed by atoms with Crippen LogP contribution in [-0.4, -0.2) is 74.1 Å². The maximum atomic E-state index is 11.7. The molecule has 0 fully saturated rings. The maximum Gasteiger partial charge on any atom is 0.232 e. The van der Waals surface area contributed by atoms with Crippen LogP contribution in [0.2, 0.25) is 0 Å². The summed E-state index contributed by atoms with van der Waals surface area (Å²) in [5.41, 5.74) is 5.23. The van der Waals surface area contributed by atoms with Gasteiger partial charge >= 0.3 is 0 Å². The Morgan fingerprint density at radius 1 is 1.45 bits per heavy atom. The van der Waals surface area contributed by atoms with Crippen LogP contribution in [0.15, 0.2) is 5.11 Å². The smallest absolute Gasteiger partial charge is 0.232 e. The number of carbonyl (C=O) groups excluding carboxylic acids is 2. The van der Waals surface area contributed by atoms with E-state index in [2.05, 4.69) is 10.0 Å². The van der Waals surface area contributed by atoms with Crippen molar-refractivity contribution in [2.24, 2.45) is 5.11 Å². The van der Waals surface area contributed by atoms with Crippen LogP contribution in [0.4, 0.5) is 0 Å². The SMILES string of the molecule is [2H]C(C[C@](O)(C(=O)C(C)=O)[C@@H](O)[C@H](O)[C@H](O)CO)N=[N+]=[N-]. The van der Waals surface area contributed by atoms with Crippen LogP contribution >= 0.6 is 0 Å². The van der Waals surface area contributed by atoms with Crippen LogP contribution in [0.5, 0.6) is 0 Å². The largest absolute Gasteiger partial charge is 0.394 e. The molecule has 0 aromatic carbocycles. The summed E-state index contributed by atoms with van der Waals surface area (Å²) in [5, 5.41) is 50.3. The molecule has 0 aliphatic carbocycles. The van der Waals surface area contributed by atoms with Gasteiger partial charge in [-0.1, -0.05) is 5.11 Å². The number of Topliss-reactive ketones (excluding diaryl/α,β-unsaturated/α-hetero) is 2. The minimum absolute atomic E-state index is 0.793. The average molecular weight is 292 g/mol. The lowest BCUT2D eigenvalue weighted by atomic mass is 9.82. The molecular formula is C10H17N3O7. The molecule has 5 N–H and O–H groups in total. The van der Waals surface area contributed by atoms with E-state index in [1.54, 1.807) is 0 Å². The van der Waals surface area contributed by atoms with Crippen molar-refractivity contribution < 1.29 is 36.5 Å². The van der Waals surface area contributed by atoms with Gasteiger partial charge in [-0.05, 0) is 12.0 Å². The molecule has 0 aromatic rings. The van der Waals surface area contributed by atoms with Crippen LogP contribution in [-0.2, 0) is 9.59 Å². The quantitative estimate of drug-likeness (QED) is 0.136. The third-order valence-electron chi connectivity index (χ3n) is 2.64. The second-order valence-electron chi connectivity index (χ2n) is 4.09. The van der Waals surface area contributed by atoms with Gasteiger partial charge in [0.2, 0.25) is 5.78 Å². The highest BCUT2D eigenvalue weighted by molar-refractivity contribution is 6.39. The zero-order valence-electron chi connectivity index (χ0n) is 11.6. The zero-order chi connectivity index (χ0) is 16.8. The van der Waals surface area contributed by atoms with E-state index in [1.807, 2.05) is 0 Å². The molecule has 20 heavy (non-hydrogen) atoms. The summed E-state index contributed by atoms with van der Waals surface area (Å²) in [6.45, 7) is -1.92. The molecule has 0 heterocycles. The van der Waals surface area contributed by atoms with Gasteiger partial charge in [-0.15, -0.1) is 0 Å². The number of aliphatic hydroxyl groups is 5. The minimum Gasteiger partial charge on any atom is -0.394 e. The molecular weight excluding hydrogens is 274 g/mol. The summed E-state index contributed by atoms with van der Waals surface area (Å²) in [6.07, 6.45) is -7.42. The van der Waals surface area contributed by atoms with E-state index >= 15 is 0 Å². The fourth-order valence-corrected chi connectivity index (χ4v) is 1.47. The van der Waals surface area contributed by atoms with Crippen LogP contribution in [0, 0.1) is 0 Å². The Morgan fingerprint density at radius 3 is 2.40 bits per heavy atom. The lowest BCUT2D eigenvalue weighted by Crippen LogP contribution is -2.59. The van der Waals surface area contributed by atoms with Crippen LogP contribution in [0.25, 0.3) is 10.4 Å². The first-order valence-electron chi connectivity index (χ1n) is 6.08. The van der Waals surface area contributed by atoms with Crippen molar-refractivity contribution in [2.45, 2.75) is 37.3 Å². The van der Waals surface area contributed by atoms with E-state index in [1.165, 1.54) is 0 Å². The molecule has 0 spiro atoms. The fourth-order valence-electron chi connectivity index (χ4n) is 1.47. The van der Waals surface area contributed by atoms with E-state index in [-0.39, 0.29) is 0 Å². The number of hydrogen-bond acceptors (Lipinski definition) is 8. The van der Waals surface area contributed by atoms with Crippen molar-refractivity contribution in [2.75, 3.05) is 13.1 Å². The molecule has 0 bridgehead atoms. The summed E-state index contributed by atoms with van der Waals surface area (Å²) < 4.78 is 7.30. The van der Waals surface area contributed by atoms with Crippen molar-refractivity contribution >= 4 is 11.6 Å². The van der Waals surface area contributed by atoms with Crippen molar-refractivity contribution in [3.05, 3.63) is 10.4 Å². The molecule has 10 heteroatoms. The normalized spacial score (nSPS) is 20.6. The van der Waals surface area contributed by atoms with Gasteiger partial charge in [0, 0.05) is 19.7 Å². The number of aliphatic hydroxyl groups excluding tert-OH is 4. The molecule has 0 rings (SSSR count). The third-order valence-corrected chi connectivity index (χ3v) is 2.64. The number of carbonyl (C=O) groups is 2. The van der Waals surface area contributed by atoms with E-state index in [4.69, 9.17) is 12.0 Å². The van der Waals surface area contributed by atoms with Crippen LogP contribution in [0.3, 0.4) is 0 Å². The van der Waals surface area contributed by atoms with Crippen molar-refractivity contribution in [1.82, 2.24) is 0 Å². The first kappa shape index (κ1) is 16.5. The minimum atomic E-state index is -2.94. The van der Waals surface area contributed by atoms with Crippen LogP contribution in [0.1, 0.15) is 14.7 Å². The number of hydrogen-bond donors (Lipinski definition) is 5. The molecule has 0 radical (unpaired) electrons. The molecule has 0 saturated carbocycles. The maximum absolute atomic E-state index is 11.7. The van der Waals surface area contributed by atoms with E-state index < -0.39 is 55.0 Å². The number of rotatable bonds is 9. The van der Waals surface area contributed by atoms with E-state index in [0.29, 0.717) is 0 Å². The number of ketones is 2. The predicted molar refractivity (Wildman–Crippen MR) is 64.4 cm³/mol. The highest BCUT2D eigenvalue weighted by Gasteiger charge is 2.48. The monoisotopic (exact) mass is 292 g/mol. The van der Waals surface area contributed by atoms with E-state index in [9.17, 15) is 30.0 Å². The molecule has 0 saturated heterocycles. The Kier molecular flexibility index (Phi) is 6.52. The van der Waals surface area contributed by atoms with Gasteiger partial charge < -0.3 is 25.5 Å². The summed E-state index contributed by atoms with van der Waals surface area (Å²) in [7, 11) is 0. The summed E-state index contributed by atoms with van der Waals surface area (Å²) in [4.78, 5) is 25.1. The summed E-state index contributed by atoms with van der Waals surface area (Å²) in [6, 6.07) is 0.